The molecule has 0 bridgehead atoms. The first-order chi connectivity index (χ1) is 36.1. The molecule has 30 heteroatoms. The van der Waals surface area contributed by atoms with Crippen molar-refractivity contribution in [1.82, 2.24) is 0 Å². The Morgan fingerprint density at radius 3 is 0.603 bits per heavy atom. The molecule has 6 heterocycles. The average Bonchev–Trinajstić information content (AvgIpc) is 3.37. The summed E-state index contributed by atoms with van der Waals surface area (Å²) in [7, 11) is 0. The highest BCUT2D eigenvalue weighted by molar-refractivity contribution is 5.02. The van der Waals surface area contributed by atoms with Crippen molar-refractivity contribution in [2.75, 3.05) is 39.6 Å². The van der Waals surface area contributed by atoms with Gasteiger partial charge in [-0.25, -0.2) is 0 Å². The molecule has 0 spiro atoms. The van der Waals surface area contributed by atoms with Crippen molar-refractivity contribution in [3.63, 3.8) is 0 Å². The summed E-state index contributed by atoms with van der Waals surface area (Å²) in [6, 6.07) is 0. The van der Waals surface area contributed by atoms with Gasteiger partial charge in [0.05, 0.1) is 58.0 Å². The van der Waals surface area contributed by atoms with Gasteiger partial charge < -0.3 is 150 Å². The molecule has 6 fully saturated rings. The molecule has 0 aromatic heterocycles. The lowest BCUT2D eigenvalue weighted by atomic mass is 9.80. The van der Waals surface area contributed by atoms with E-state index in [-0.39, 0.29) is 0 Å². The lowest BCUT2D eigenvalue weighted by molar-refractivity contribution is -0.345. The van der Waals surface area contributed by atoms with Crippen molar-refractivity contribution in [3.05, 3.63) is 0 Å². The second kappa shape index (κ2) is 28.6. The Labute approximate surface area is 451 Å². The number of hydrogen-bond acceptors (Lipinski definition) is 30. The summed E-state index contributed by atoms with van der Waals surface area (Å²) >= 11 is 0. The van der Waals surface area contributed by atoms with Crippen LogP contribution in [0.2, 0.25) is 0 Å². The fraction of sp³-hybridized carbons (Fsp3) is 1.00. The Morgan fingerprint density at radius 1 is 0.244 bits per heavy atom. The molecule has 6 saturated heterocycles. The largest absolute Gasteiger partial charge is 0.394 e. The molecule has 0 aromatic carbocycles. The van der Waals surface area contributed by atoms with Gasteiger partial charge in [0.25, 0.3) is 0 Å². The first-order valence-electron chi connectivity index (χ1n) is 25.8. The van der Waals surface area contributed by atoms with Gasteiger partial charge in [-0.2, -0.15) is 0 Å². The van der Waals surface area contributed by atoms with Crippen LogP contribution in [0.3, 0.4) is 0 Å². The zero-order chi connectivity index (χ0) is 59.4. The van der Waals surface area contributed by atoms with Crippen molar-refractivity contribution in [2.45, 2.75) is 246 Å². The van der Waals surface area contributed by atoms with E-state index < -0.39 is 240 Å². The summed E-state index contributed by atoms with van der Waals surface area (Å²) in [5.74, 6) is 0. The van der Waals surface area contributed by atoms with Crippen LogP contribution >= 0.6 is 0 Å². The summed E-state index contributed by atoms with van der Waals surface area (Å²) in [5.41, 5.74) is -1.58. The Bertz CT molecular complexity index is 1550. The van der Waals surface area contributed by atoms with Gasteiger partial charge >= 0.3 is 0 Å². The number of aliphatic hydroxyl groups is 21. The number of aliphatic hydroxyl groups excluding tert-OH is 21. The first kappa shape index (κ1) is 69.3. The zero-order valence-electron chi connectivity index (χ0n) is 45.1. The number of ether oxygens (including phenoxy) is 9. The van der Waals surface area contributed by atoms with Crippen molar-refractivity contribution in [1.29, 1.82) is 0 Å². The molecule has 0 amide bonds. The van der Waals surface area contributed by atoms with E-state index in [1.807, 2.05) is 0 Å². The lowest BCUT2D eigenvalue weighted by Gasteiger charge is -2.48. The van der Waals surface area contributed by atoms with Crippen molar-refractivity contribution in [2.24, 2.45) is 16.2 Å². The Hall–Kier alpha value is -1.20. The van der Waals surface area contributed by atoms with E-state index in [1.54, 1.807) is 62.3 Å². The average molecular weight is 1150 g/mol. The van der Waals surface area contributed by atoms with Gasteiger partial charge in [0, 0.05) is 0 Å². The SMILES string of the molecule is CC(C)(C)C1OC(CO)[C@@H](O[C@@H]2OC(CO)[C@@H](O)[C@H](O)C2O)[C@H](O)C1O.CC(C)(C)C1OC(CO)[C@@H](O[C@@H]2OC(CO)[C@H](O)[C@H](O)C2O)[C@H](O)C1O.CC(C)(C)C1OC(CO)[C@@H](O[C@H]2OC(CO)[C@@H](O)[C@H](O)C2O)[C@H](O)C1O. The maximum atomic E-state index is 10.5. The summed E-state index contributed by atoms with van der Waals surface area (Å²) < 4.78 is 49.3. The van der Waals surface area contributed by atoms with Crippen LogP contribution in [0.4, 0.5) is 0 Å². The molecule has 6 aliphatic heterocycles. The summed E-state index contributed by atoms with van der Waals surface area (Å²) in [6.07, 6.45) is -40.2. The fourth-order valence-electron chi connectivity index (χ4n) is 9.92. The van der Waals surface area contributed by atoms with E-state index >= 15 is 0 Å². The maximum absolute atomic E-state index is 10.5. The zero-order valence-corrected chi connectivity index (χ0v) is 45.1. The number of rotatable bonds is 12. The van der Waals surface area contributed by atoms with Crippen molar-refractivity contribution in [3.8, 4) is 0 Å². The predicted molar refractivity (Wildman–Crippen MR) is 258 cm³/mol. The molecule has 0 aromatic rings. The van der Waals surface area contributed by atoms with Crippen molar-refractivity contribution < 1.29 is 150 Å². The van der Waals surface area contributed by atoms with E-state index in [4.69, 9.17) is 42.6 Å². The van der Waals surface area contributed by atoms with Gasteiger partial charge in [0.15, 0.2) is 18.9 Å². The van der Waals surface area contributed by atoms with Crippen LogP contribution in [0.25, 0.3) is 0 Å². The predicted octanol–water partition coefficient (Wildman–Crippen LogP) is -9.90. The minimum atomic E-state index is -1.67. The molecule has 462 valence electrons. The Balaban J connectivity index is 0.000000252. The maximum Gasteiger partial charge on any atom is 0.187 e. The van der Waals surface area contributed by atoms with E-state index in [9.17, 15) is 107 Å². The van der Waals surface area contributed by atoms with Crippen LogP contribution in [0, 0.1) is 16.2 Å². The second-order valence-electron chi connectivity index (χ2n) is 23.8. The lowest BCUT2D eigenvalue weighted by Crippen LogP contribution is -2.65. The van der Waals surface area contributed by atoms with Gasteiger partial charge in [-0.3, -0.25) is 0 Å². The minimum absolute atomic E-state index is 0.526. The summed E-state index contributed by atoms with van der Waals surface area (Å²) in [5, 5.41) is 208. The van der Waals surface area contributed by atoms with Crippen LogP contribution in [-0.4, -0.2) is 331 Å². The van der Waals surface area contributed by atoms with Crippen LogP contribution in [0.1, 0.15) is 62.3 Å². The monoisotopic (exact) mass is 1150 g/mol. The smallest absolute Gasteiger partial charge is 0.187 e. The fourth-order valence-corrected chi connectivity index (χ4v) is 9.92. The first-order valence-corrected chi connectivity index (χ1v) is 25.8. The molecular formula is C48H90O30. The summed E-state index contributed by atoms with van der Waals surface area (Å²) in [4.78, 5) is 0. The molecule has 30 atom stereocenters. The third kappa shape index (κ3) is 15.8. The quantitative estimate of drug-likeness (QED) is 0.0863. The molecule has 15 unspecified atom stereocenters. The van der Waals surface area contributed by atoms with Crippen LogP contribution in [-0.2, 0) is 42.6 Å². The Kier molecular flexibility index (Phi) is 25.4. The van der Waals surface area contributed by atoms with E-state index in [2.05, 4.69) is 0 Å². The van der Waals surface area contributed by atoms with Crippen LogP contribution in [0.15, 0.2) is 0 Å². The molecule has 0 saturated carbocycles. The molecule has 6 aliphatic rings. The molecule has 0 aliphatic carbocycles. The van der Waals surface area contributed by atoms with Gasteiger partial charge in [0.1, 0.15) is 146 Å². The van der Waals surface area contributed by atoms with Gasteiger partial charge in [-0.05, 0) is 16.2 Å². The molecule has 6 rings (SSSR count). The number of hydrogen-bond donors (Lipinski definition) is 21. The van der Waals surface area contributed by atoms with E-state index in [0.717, 1.165) is 0 Å². The highest BCUT2D eigenvalue weighted by atomic mass is 16.7. The molecule has 0 radical (unpaired) electrons. The van der Waals surface area contributed by atoms with Gasteiger partial charge in [-0.15, -0.1) is 0 Å². The summed E-state index contributed by atoms with van der Waals surface area (Å²) in [6.45, 7) is 12.8. The third-order valence-electron chi connectivity index (χ3n) is 14.6. The second-order valence-corrected chi connectivity index (χ2v) is 23.8. The molecule has 30 nitrogen and oxygen atoms in total. The topological polar surface area (TPSA) is 508 Å². The molecule has 78 heavy (non-hydrogen) atoms. The normalized spacial score (nSPS) is 47.8. The minimum Gasteiger partial charge on any atom is -0.394 e. The van der Waals surface area contributed by atoms with Gasteiger partial charge in [0.2, 0.25) is 0 Å². The van der Waals surface area contributed by atoms with Gasteiger partial charge in [-0.1, -0.05) is 62.3 Å². The molecule has 21 N–H and O–H groups in total. The third-order valence-corrected chi connectivity index (χ3v) is 14.6. The van der Waals surface area contributed by atoms with Crippen molar-refractivity contribution >= 4 is 0 Å². The van der Waals surface area contributed by atoms with Crippen LogP contribution in [0.5, 0.6) is 0 Å². The van der Waals surface area contributed by atoms with E-state index in [1.165, 1.54) is 0 Å². The highest BCUT2D eigenvalue weighted by Gasteiger charge is 2.56. The van der Waals surface area contributed by atoms with E-state index in [0.29, 0.717) is 0 Å². The Morgan fingerprint density at radius 2 is 0.436 bits per heavy atom. The highest BCUT2D eigenvalue weighted by Crippen LogP contribution is 2.39. The molecular weight excluding hydrogens is 1060 g/mol. The van der Waals surface area contributed by atoms with Crippen LogP contribution < -0.4 is 0 Å². The standard InChI is InChI=1S/3C16H30O10/c3*1-16(2,3)14-11(22)10(21)13(7(5-18)24-14)26-15-12(23)9(20)8(19)6(4-17)25-15/h3*6-15,17-23H,4-5H2,1-3H3/t6?,7?,8-,9+,10-,11?,12?,13-,14?,15+;6?,7?,8-,9+,10-,11?,12?,13-,14?,15-;6?,7?,8-,9-,10+,11?,12?,13+,14?,15-/m110/s1.